The van der Waals surface area contributed by atoms with E-state index in [9.17, 15) is 9.90 Å². The van der Waals surface area contributed by atoms with Gasteiger partial charge >= 0.3 is 5.97 Å². The Morgan fingerprint density at radius 3 is 2.94 bits per heavy atom. The first-order valence-corrected chi connectivity index (χ1v) is 5.83. The molecule has 0 amide bonds. The Labute approximate surface area is 104 Å². The summed E-state index contributed by atoms with van der Waals surface area (Å²) in [6.07, 6.45) is 3.32. The highest BCUT2D eigenvalue weighted by atomic mass is 16.4. The normalized spacial score (nSPS) is 17.8. The summed E-state index contributed by atoms with van der Waals surface area (Å²) in [6.45, 7) is 1.19. The topological polar surface area (TPSA) is 53.7 Å². The van der Waals surface area contributed by atoms with E-state index < -0.39 is 11.9 Å². The van der Waals surface area contributed by atoms with Crippen molar-refractivity contribution in [2.75, 3.05) is 11.4 Å². The maximum Gasteiger partial charge on any atom is 0.312 e. The van der Waals surface area contributed by atoms with Crippen molar-refractivity contribution in [3.05, 3.63) is 54.0 Å². The highest BCUT2D eigenvalue weighted by Gasteiger charge is 2.33. The van der Waals surface area contributed by atoms with E-state index in [1.54, 1.807) is 12.5 Å². The zero-order valence-corrected chi connectivity index (χ0v) is 9.74. The first-order valence-electron chi connectivity index (χ1n) is 5.83. The van der Waals surface area contributed by atoms with Crippen LogP contribution in [0.15, 0.2) is 47.3 Å². The number of rotatable bonds is 3. The molecule has 1 aromatic carbocycles. The molecule has 1 aliphatic rings. The molecular weight excluding hydrogens is 230 g/mol. The fraction of sp³-hybridized carbons (Fsp3) is 0.214. The molecule has 1 N–H and O–H groups in total. The summed E-state index contributed by atoms with van der Waals surface area (Å²) in [5.74, 6) is -1.20. The van der Waals surface area contributed by atoms with Gasteiger partial charge in [-0.15, -0.1) is 0 Å². The van der Waals surface area contributed by atoms with Gasteiger partial charge in [0.1, 0.15) is 5.92 Å². The number of hydrogen-bond acceptors (Lipinski definition) is 3. The van der Waals surface area contributed by atoms with Gasteiger partial charge in [-0.1, -0.05) is 18.2 Å². The minimum Gasteiger partial charge on any atom is -0.481 e. The molecule has 4 nitrogen and oxygen atoms in total. The molecule has 1 atom stereocenters. The molecule has 0 saturated carbocycles. The largest absolute Gasteiger partial charge is 0.481 e. The molecule has 2 heterocycles. The number of benzene rings is 1. The second kappa shape index (κ2) is 4.22. The monoisotopic (exact) mass is 243 g/mol. The Morgan fingerprint density at radius 1 is 1.39 bits per heavy atom. The highest BCUT2D eigenvalue weighted by molar-refractivity contribution is 5.82. The fourth-order valence-electron chi connectivity index (χ4n) is 2.45. The van der Waals surface area contributed by atoms with Crippen LogP contribution in [0.5, 0.6) is 0 Å². The molecule has 0 bridgehead atoms. The first kappa shape index (κ1) is 10.9. The number of carboxylic acids is 1. The molecule has 92 valence electrons. The third-order valence-corrected chi connectivity index (χ3v) is 3.31. The molecule has 1 aliphatic heterocycles. The van der Waals surface area contributed by atoms with Crippen LogP contribution in [0, 0.1) is 0 Å². The van der Waals surface area contributed by atoms with Crippen molar-refractivity contribution in [3.8, 4) is 0 Å². The Morgan fingerprint density at radius 2 is 2.22 bits per heavy atom. The highest BCUT2D eigenvalue weighted by Crippen LogP contribution is 2.36. The summed E-state index contributed by atoms with van der Waals surface area (Å²) in [7, 11) is 0. The van der Waals surface area contributed by atoms with E-state index >= 15 is 0 Å². The third kappa shape index (κ3) is 1.76. The maximum atomic E-state index is 11.3. The van der Waals surface area contributed by atoms with Gasteiger partial charge in [-0.2, -0.15) is 0 Å². The Kier molecular flexibility index (Phi) is 2.55. The van der Waals surface area contributed by atoms with E-state index in [-0.39, 0.29) is 0 Å². The molecular formula is C14H13NO3. The second-order valence-corrected chi connectivity index (χ2v) is 4.46. The summed E-state index contributed by atoms with van der Waals surface area (Å²) >= 11 is 0. The van der Waals surface area contributed by atoms with E-state index in [0.29, 0.717) is 13.1 Å². The molecule has 0 radical (unpaired) electrons. The predicted molar refractivity (Wildman–Crippen MR) is 66.6 cm³/mol. The van der Waals surface area contributed by atoms with Crippen LogP contribution >= 0.6 is 0 Å². The average molecular weight is 243 g/mol. The molecule has 18 heavy (non-hydrogen) atoms. The summed E-state index contributed by atoms with van der Waals surface area (Å²) in [5, 5.41) is 9.26. The van der Waals surface area contributed by atoms with Gasteiger partial charge in [0.25, 0.3) is 0 Å². The first-order chi connectivity index (χ1) is 8.75. The lowest BCUT2D eigenvalue weighted by Gasteiger charge is -2.18. The van der Waals surface area contributed by atoms with Gasteiger partial charge in [0.05, 0.1) is 12.5 Å². The van der Waals surface area contributed by atoms with Gasteiger partial charge < -0.3 is 14.4 Å². The van der Waals surface area contributed by atoms with Gasteiger partial charge in [-0.25, -0.2) is 0 Å². The summed E-state index contributed by atoms with van der Waals surface area (Å²) < 4.78 is 5.04. The number of aliphatic carboxylic acids is 1. The lowest BCUT2D eigenvalue weighted by molar-refractivity contribution is -0.138. The van der Waals surface area contributed by atoms with Crippen molar-refractivity contribution in [2.45, 2.75) is 12.5 Å². The molecule has 0 fully saturated rings. The fourth-order valence-corrected chi connectivity index (χ4v) is 2.45. The summed E-state index contributed by atoms with van der Waals surface area (Å²) in [5.41, 5.74) is 2.95. The zero-order chi connectivity index (χ0) is 12.5. The number of hydrogen-bond donors (Lipinski definition) is 1. The number of fused-ring (bicyclic) bond motifs is 1. The van der Waals surface area contributed by atoms with Gasteiger partial charge in [0, 0.05) is 24.3 Å². The van der Waals surface area contributed by atoms with Gasteiger partial charge in [-0.05, 0) is 17.7 Å². The van der Waals surface area contributed by atoms with Crippen LogP contribution in [-0.2, 0) is 11.3 Å². The molecule has 2 aromatic rings. The summed E-state index contributed by atoms with van der Waals surface area (Å²) in [4.78, 5) is 13.3. The number of furan rings is 1. The molecule has 1 unspecified atom stereocenters. The van der Waals surface area contributed by atoms with Gasteiger partial charge in [0.2, 0.25) is 0 Å². The zero-order valence-electron chi connectivity index (χ0n) is 9.74. The number of para-hydroxylation sites is 1. The molecule has 0 saturated heterocycles. The van der Waals surface area contributed by atoms with E-state index in [1.807, 2.05) is 30.3 Å². The van der Waals surface area contributed by atoms with Crippen LogP contribution in [0.4, 0.5) is 5.69 Å². The van der Waals surface area contributed by atoms with Gasteiger partial charge in [0.15, 0.2) is 0 Å². The Bertz CT molecular complexity index is 562. The van der Waals surface area contributed by atoms with Crippen LogP contribution in [0.25, 0.3) is 0 Å². The van der Waals surface area contributed by atoms with E-state index in [0.717, 1.165) is 16.8 Å². The molecule has 1 aromatic heterocycles. The number of nitrogens with zero attached hydrogens (tertiary/aromatic N) is 1. The van der Waals surface area contributed by atoms with Crippen LogP contribution in [-0.4, -0.2) is 17.6 Å². The van der Waals surface area contributed by atoms with Crippen LogP contribution in [0.2, 0.25) is 0 Å². The van der Waals surface area contributed by atoms with Crippen molar-refractivity contribution < 1.29 is 14.3 Å². The van der Waals surface area contributed by atoms with Crippen molar-refractivity contribution in [1.29, 1.82) is 0 Å². The smallest absolute Gasteiger partial charge is 0.312 e. The second-order valence-electron chi connectivity index (χ2n) is 4.46. The predicted octanol–water partition coefficient (Wildman–Crippen LogP) is 2.47. The lowest BCUT2D eigenvalue weighted by atomic mass is 10.0. The van der Waals surface area contributed by atoms with Crippen LogP contribution in [0.3, 0.4) is 0 Å². The molecule has 0 spiro atoms. The van der Waals surface area contributed by atoms with Crippen molar-refractivity contribution in [3.63, 3.8) is 0 Å². The molecule has 4 heteroatoms. The van der Waals surface area contributed by atoms with Gasteiger partial charge in [-0.3, -0.25) is 4.79 Å². The number of carboxylic acid groups (broad SMARTS) is 1. The lowest BCUT2D eigenvalue weighted by Crippen LogP contribution is -2.23. The standard InChI is InChI=1S/C14H13NO3/c16-14(17)12-8-15(7-10-5-6-18-9-10)13-4-2-1-3-11(12)13/h1-6,9,12H,7-8H2,(H,16,17). The Balaban J connectivity index is 1.92. The average Bonchev–Trinajstić information content (AvgIpc) is 2.98. The minimum atomic E-state index is -0.767. The van der Waals surface area contributed by atoms with Crippen molar-refractivity contribution >= 4 is 11.7 Å². The quantitative estimate of drug-likeness (QED) is 0.899. The van der Waals surface area contributed by atoms with Crippen molar-refractivity contribution in [2.24, 2.45) is 0 Å². The van der Waals surface area contributed by atoms with E-state index in [4.69, 9.17) is 4.42 Å². The summed E-state index contributed by atoms with van der Waals surface area (Å²) in [6, 6.07) is 9.58. The number of carbonyl (C=O) groups is 1. The Hall–Kier alpha value is -2.23. The minimum absolute atomic E-state index is 0.437. The molecule has 0 aliphatic carbocycles. The number of anilines is 1. The van der Waals surface area contributed by atoms with Crippen LogP contribution < -0.4 is 4.90 Å². The third-order valence-electron chi connectivity index (χ3n) is 3.31. The van der Waals surface area contributed by atoms with Crippen molar-refractivity contribution in [1.82, 2.24) is 0 Å². The van der Waals surface area contributed by atoms with E-state index in [2.05, 4.69) is 4.90 Å². The van der Waals surface area contributed by atoms with Crippen LogP contribution in [0.1, 0.15) is 17.0 Å². The van der Waals surface area contributed by atoms with E-state index in [1.165, 1.54) is 0 Å². The maximum absolute atomic E-state index is 11.3. The molecule has 3 rings (SSSR count). The SMILES string of the molecule is O=C(O)C1CN(Cc2ccoc2)c2ccccc21.